The van der Waals surface area contributed by atoms with Crippen LogP contribution in [0.2, 0.25) is 0 Å². The maximum absolute atomic E-state index is 13.7. The maximum atomic E-state index is 13.7. The smallest absolute Gasteiger partial charge is 0.126 e. The fraction of sp³-hybridized carbons (Fsp3) is 0.647. The predicted molar refractivity (Wildman–Crippen MR) is 84.9 cm³/mol. The molecule has 0 spiro atoms. The van der Waals surface area contributed by atoms with E-state index in [1.54, 1.807) is 12.1 Å². The number of thioether (sulfide) groups is 1. The minimum absolute atomic E-state index is 0.0313. The van der Waals surface area contributed by atoms with Gasteiger partial charge in [0.1, 0.15) is 5.82 Å². The summed E-state index contributed by atoms with van der Waals surface area (Å²) in [5.74, 6) is 1.63. The van der Waals surface area contributed by atoms with Crippen molar-refractivity contribution >= 4 is 11.8 Å². The second-order valence-electron chi connectivity index (χ2n) is 6.14. The van der Waals surface area contributed by atoms with E-state index < -0.39 is 0 Å². The topological polar surface area (TPSA) is 12.0 Å². The third kappa shape index (κ3) is 3.20. The lowest BCUT2D eigenvalue weighted by molar-refractivity contribution is 0.261. The fourth-order valence-corrected chi connectivity index (χ4v) is 4.77. The minimum Gasteiger partial charge on any atom is -0.311 e. The Balaban J connectivity index is 1.44. The Morgan fingerprint density at radius 3 is 2.70 bits per heavy atom. The summed E-state index contributed by atoms with van der Waals surface area (Å²) in [7, 11) is 0. The van der Waals surface area contributed by atoms with Crippen LogP contribution >= 0.6 is 11.8 Å². The van der Waals surface area contributed by atoms with Gasteiger partial charge in [-0.3, -0.25) is 0 Å². The minimum atomic E-state index is -0.0313. The Labute approximate surface area is 125 Å². The van der Waals surface area contributed by atoms with E-state index in [1.807, 2.05) is 12.1 Å². The van der Waals surface area contributed by atoms with Crippen molar-refractivity contribution in [2.75, 3.05) is 5.75 Å². The van der Waals surface area contributed by atoms with Crippen LogP contribution in [0.3, 0.4) is 0 Å². The van der Waals surface area contributed by atoms with Crippen molar-refractivity contribution in [3.8, 4) is 0 Å². The Kier molecular flexibility index (Phi) is 4.67. The second kappa shape index (κ2) is 6.48. The van der Waals surface area contributed by atoms with Crippen molar-refractivity contribution in [3.63, 3.8) is 0 Å². The van der Waals surface area contributed by atoms with Gasteiger partial charge in [-0.25, -0.2) is 4.39 Å². The first-order valence-electron chi connectivity index (χ1n) is 7.88. The van der Waals surface area contributed by atoms with Gasteiger partial charge in [-0.2, -0.15) is 11.8 Å². The molecule has 2 saturated carbocycles. The molecule has 20 heavy (non-hydrogen) atoms. The molecule has 0 heterocycles. The molecule has 0 aliphatic heterocycles. The summed E-state index contributed by atoms with van der Waals surface area (Å²) in [4.78, 5) is 0. The summed E-state index contributed by atoms with van der Waals surface area (Å²) in [6.07, 6.45) is 6.20. The fourth-order valence-electron chi connectivity index (χ4n) is 3.63. The largest absolute Gasteiger partial charge is 0.311 e. The molecule has 2 atom stereocenters. The molecule has 3 rings (SSSR count). The molecule has 0 saturated heterocycles. The van der Waals surface area contributed by atoms with Gasteiger partial charge < -0.3 is 5.32 Å². The summed E-state index contributed by atoms with van der Waals surface area (Å²) in [5.41, 5.74) is 0.913. The first-order chi connectivity index (χ1) is 9.76. The Hall–Kier alpha value is -0.540. The van der Waals surface area contributed by atoms with Crippen LogP contribution in [-0.4, -0.2) is 23.1 Å². The highest BCUT2D eigenvalue weighted by Crippen LogP contribution is 2.39. The molecular formula is C17H24FNS. The van der Waals surface area contributed by atoms with Crippen LogP contribution in [-0.2, 0) is 0 Å². The number of hydrogen-bond donors (Lipinski definition) is 1. The standard InChI is InChI=1S/C17H24FNS/c1-2-20-15-8-7-13(11-15)19-14-9-12(10-14)16-5-3-4-6-17(16)18/h3-6,12-15,19H,2,7-11H2,1H3. The van der Waals surface area contributed by atoms with Gasteiger partial charge in [0.05, 0.1) is 0 Å². The van der Waals surface area contributed by atoms with Gasteiger partial charge in [0, 0.05) is 17.3 Å². The van der Waals surface area contributed by atoms with Crippen LogP contribution in [0.25, 0.3) is 0 Å². The third-order valence-electron chi connectivity index (χ3n) is 4.74. The van der Waals surface area contributed by atoms with E-state index in [4.69, 9.17) is 0 Å². The first kappa shape index (κ1) is 14.4. The third-order valence-corrected chi connectivity index (χ3v) is 5.97. The molecule has 0 amide bonds. The van der Waals surface area contributed by atoms with Gasteiger partial charge in [0.2, 0.25) is 0 Å². The average Bonchev–Trinajstić information content (AvgIpc) is 2.83. The second-order valence-corrected chi connectivity index (χ2v) is 7.72. The van der Waals surface area contributed by atoms with Crippen molar-refractivity contribution < 1.29 is 4.39 Å². The van der Waals surface area contributed by atoms with E-state index in [0.29, 0.717) is 18.0 Å². The molecule has 1 aromatic rings. The van der Waals surface area contributed by atoms with Gasteiger partial charge in [-0.15, -0.1) is 0 Å². The zero-order valence-electron chi connectivity index (χ0n) is 12.1. The monoisotopic (exact) mass is 293 g/mol. The molecular weight excluding hydrogens is 269 g/mol. The van der Waals surface area contributed by atoms with Gasteiger partial charge in [-0.1, -0.05) is 25.1 Å². The maximum Gasteiger partial charge on any atom is 0.126 e. The Morgan fingerprint density at radius 1 is 1.15 bits per heavy atom. The van der Waals surface area contributed by atoms with Crippen LogP contribution in [0.15, 0.2) is 24.3 Å². The molecule has 1 N–H and O–H groups in total. The summed E-state index contributed by atoms with van der Waals surface area (Å²) < 4.78 is 13.7. The lowest BCUT2D eigenvalue weighted by atomic mass is 9.75. The van der Waals surface area contributed by atoms with E-state index in [-0.39, 0.29) is 5.82 Å². The number of hydrogen-bond acceptors (Lipinski definition) is 2. The van der Waals surface area contributed by atoms with E-state index in [2.05, 4.69) is 24.0 Å². The van der Waals surface area contributed by atoms with Gasteiger partial charge in [0.15, 0.2) is 0 Å². The SMILES string of the molecule is CCSC1CCC(NC2CC(c3ccccc3F)C2)C1. The van der Waals surface area contributed by atoms with Crippen LogP contribution in [0.4, 0.5) is 4.39 Å². The van der Waals surface area contributed by atoms with Crippen LogP contribution in [0.1, 0.15) is 50.5 Å². The van der Waals surface area contributed by atoms with E-state index in [0.717, 1.165) is 23.7 Å². The molecule has 1 aromatic carbocycles. The van der Waals surface area contributed by atoms with Crippen LogP contribution < -0.4 is 5.32 Å². The van der Waals surface area contributed by atoms with Gasteiger partial charge in [-0.05, 0) is 55.4 Å². The highest BCUT2D eigenvalue weighted by molar-refractivity contribution is 7.99. The molecule has 3 heteroatoms. The molecule has 2 aliphatic carbocycles. The van der Waals surface area contributed by atoms with Crippen LogP contribution in [0.5, 0.6) is 0 Å². The van der Waals surface area contributed by atoms with Crippen LogP contribution in [0, 0.1) is 5.82 Å². The van der Waals surface area contributed by atoms with Crippen molar-refractivity contribution in [3.05, 3.63) is 35.6 Å². The molecule has 1 nitrogen and oxygen atoms in total. The number of nitrogens with one attached hydrogen (secondary N) is 1. The molecule has 0 radical (unpaired) electrons. The quantitative estimate of drug-likeness (QED) is 0.867. The highest BCUT2D eigenvalue weighted by atomic mass is 32.2. The lowest BCUT2D eigenvalue weighted by Gasteiger charge is -2.38. The lowest BCUT2D eigenvalue weighted by Crippen LogP contribution is -2.44. The first-order valence-corrected chi connectivity index (χ1v) is 8.93. The number of rotatable bonds is 5. The van der Waals surface area contributed by atoms with Crippen molar-refractivity contribution in [2.45, 2.75) is 62.3 Å². The zero-order chi connectivity index (χ0) is 13.9. The van der Waals surface area contributed by atoms with Gasteiger partial charge in [0.25, 0.3) is 0 Å². The summed E-state index contributed by atoms with van der Waals surface area (Å²) >= 11 is 2.11. The predicted octanol–water partition coefficient (Wildman–Crippen LogP) is 4.34. The van der Waals surface area contributed by atoms with Crippen molar-refractivity contribution in [2.24, 2.45) is 0 Å². The Bertz CT molecular complexity index is 444. The van der Waals surface area contributed by atoms with Crippen molar-refractivity contribution in [1.29, 1.82) is 0 Å². The summed E-state index contributed by atoms with van der Waals surface area (Å²) in [6.45, 7) is 2.25. The molecule has 110 valence electrons. The van der Waals surface area contributed by atoms with E-state index in [9.17, 15) is 4.39 Å². The molecule has 2 fully saturated rings. The van der Waals surface area contributed by atoms with E-state index >= 15 is 0 Å². The summed E-state index contributed by atoms with van der Waals surface area (Å²) in [6, 6.07) is 8.56. The summed E-state index contributed by atoms with van der Waals surface area (Å²) in [5, 5.41) is 4.65. The number of halogens is 1. The zero-order valence-corrected chi connectivity index (χ0v) is 13.0. The number of benzene rings is 1. The van der Waals surface area contributed by atoms with E-state index in [1.165, 1.54) is 25.0 Å². The molecule has 0 bridgehead atoms. The molecule has 2 unspecified atom stereocenters. The normalized spacial score (nSPS) is 33.1. The highest BCUT2D eigenvalue weighted by Gasteiger charge is 2.34. The molecule has 0 aromatic heterocycles. The average molecular weight is 293 g/mol. The van der Waals surface area contributed by atoms with Gasteiger partial charge >= 0.3 is 0 Å². The molecule has 2 aliphatic rings. The van der Waals surface area contributed by atoms with Crippen molar-refractivity contribution in [1.82, 2.24) is 5.32 Å². The Morgan fingerprint density at radius 2 is 1.95 bits per heavy atom.